The molecule has 1 N–H and O–H groups in total. The molecule has 1 saturated carbocycles. The van der Waals surface area contributed by atoms with Crippen LogP contribution < -0.4 is 5.32 Å². The predicted octanol–water partition coefficient (Wildman–Crippen LogP) is 3.53. The lowest BCUT2D eigenvalue weighted by atomic mass is 9.99. The Morgan fingerprint density at radius 2 is 2.00 bits per heavy atom. The van der Waals surface area contributed by atoms with Gasteiger partial charge in [0.25, 0.3) is 11.6 Å². The third-order valence-corrected chi connectivity index (χ3v) is 4.28. The lowest BCUT2D eigenvalue weighted by molar-refractivity contribution is -0.384. The smallest absolute Gasteiger partial charge is 0.271 e. The van der Waals surface area contributed by atoms with E-state index >= 15 is 0 Å². The van der Waals surface area contributed by atoms with Crippen molar-refractivity contribution in [3.8, 4) is 0 Å². The van der Waals surface area contributed by atoms with E-state index in [0.717, 1.165) is 25.7 Å². The number of halogens is 2. The molecule has 5 nitrogen and oxygen atoms in total. The van der Waals surface area contributed by atoms with Gasteiger partial charge >= 0.3 is 0 Å². The summed E-state index contributed by atoms with van der Waals surface area (Å²) in [5.74, 6) is -0.0420. The highest BCUT2D eigenvalue weighted by molar-refractivity contribution is 6.31. The minimum absolute atomic E-state index is 0.163. The largest absolute Gasteiger partial charge is 0.345 e. The number of nitro benzene ring substituents is 1. The minimum Gasteiger partial charge on any atom is -0.345 e. The Morgan fingerprint density at radius 3 is 2.55 bits per heavy atom. The molecule has 0 bridgehead atoms. The zero-order valence-electron chi connectivity index (χ0n) is 10.7. The molecule has 20 heavy (non-hydrogen) atoms. The van der Waals surface area contributed by atoms with E-state index in [2.05, 4.69) is 5.32 Å². The Labute approximate surface area is 126 Å². The standard InChI is InChI=1S/C13H14Cl2N2O3/c14-8-13(3-1-2-4-13)16-12(18)9-5-10(15)7-11(6-9)17(19)20/h5-7H,1-4,8H2,(H,16,18). The van der Waals surface area contributed by atoms with Crippen molar-refractivity contribution in [1.29, 1.82) is 0 Å². The van der Waals surface area contributed by atoms with Crippen LogP contribution in [0.25, 0.3) is 0 Å². The molecule has 0 unspecified atom stereocenters. The van der Waals surface area contributed by atoms with E-state index in [-0.39, 0.29) is 22.2 Å². The molecular formula is C13H14Cl2N2O3. The maximum Gasteiger partial charge on any atom is 0.271 e. The van der Waals surface area contributed by atoms with E-state index in [1.165, 1.54) is 18.2 Å². The Bertz CT molecular complexity index is 542. The highest BCUT2D eigenvalue weighted by Gasteiger charge is 2.34. The van der Waals surface area contributed by atoms with Crippen molar-refractivity contribution >= 4 is 34.8 Å². The van der Waals surface area contributed by atoms with Crippen LogP contribution in [0.4, 0.5) is 5.69 Å². The van der Waals surface area contributed by atoms with Crippen molar-refractivity contribution in [2.45, 2.75) is 31.2 Å². The number of benzene rings is 1. The molecule has 0 atom stereocenters. The summed E-state index contributed by atoms with van der Waals surface area (Å²) in [5.41, 5.74) is -0.426. The number of rotatable bonds is 4. The number of hydrogen-bond donors (Lipinski definition) is 1. The molecular weight excluding hydrogens is 303 g/mol. The maximum absolute atomic E-state index is 12.2. The number of nitrogens with one attached hydrogen (secondary N) is 1. The van der Waals surface area contributed by atoms with E-state index in [1.54, 1.807) is 0 Å². The second-order valence-corrected chi connectivity index (χ2v) is 5.73. The SMILES string of the molecule is O=C(NC1(CCl)CCCC1)c1cc(Cl)cc([N+](=O)[O-])c1. The first-order valence-corrected chi connectivity index (χ1v) is 7.20. The number of nitrogens with zero attached hydrogens (tertiary/aromatic N) is 1. The van der Waals surface area contributed by atoms with Gasteiger partial charge in [-0.05, 0) is 18.9 Å². The van der Waals surface area contributed by atoms with Gasteiger partial charge in [-0.3, -0.25) is 14.9 Å². The number of nitro groups is 1. The van der Waals surface area contributed by atoms with Crippen LogP contribution in [0.15, 0.2) is 18.2 Å². The van der Waals surface area contributed by atoms with Gasteiger partial charge in [0.15, 0.2) is 0 Å². The van der Waals surface area contributed by atoms with Crippen molar-refractivity contribution < 1.29 is 9.72 Å². The van der Waals surface area contributed by atoms with Crippen molar-refractivity contribution in [2.75, 3.05) is 5.88 Å². The first-order chi connectivity index (χ1) is 9.46. The van der Waals surface area contributed by atoms with Gasteiger partial charge in [0.1, 0.15) is 0 Å². The summed E-state index contributed by atoms with van der Waals surface area (Å²) < 4.78 is 0. The Morgan fingerprint density at radius 1 is 1.35 bits per heavy atom. The highest BCUT2D eigenvalue weighted by atomic mass is 35.5. The molecule has 0 spiro atoms. The Hall–Kier alpha value is -1.33. The normalized spacial score (nSPS) is 16.9. The van der Waals surface area contributed by atoms with Crippen molar-refractivity contribution in [1.82, 2.24) is 5.32 Å². The number of carbonyl (C=O) groups excluding carboxylic acids is 1. The third-order valence-electron chi connectivity index (χ3n) is 3.55. The van der Waals surface area contributed by atoms with E-state index < -0.39 is 10.5 Å². The van der Waals surface area contributed by atoms with Crippen molar-refractivity contribution in [2.24, 2.45) is 0 Å². The molecule has 0 radical (unpaired) electrons. The molecule has 1 fully saturated rings. The van der Waals surface area contributed by atoms with Gasteiger partial charge in [-0.15, -0.1) is 11.6 Å². The third kappa shape index (κ3) is 3.22. The molecule has 0 aliphatic heterocycles. The molecule has 1 aliphatic carbocycles. The van der Waals surface area contributed by atoms with Crippen LogP contribution in [-0.4, -0.2) is 22.2 Å². The Kier molecular flexibility index (Phi) is 4.50. The van der Waals surface area contributed by atoms with Crippen LogP contribution in [0.1, 0.15) is 36.0 Å². The lowest BCUT2D eigenvalue weighted by Crippen LogP contribution is -2.47. The highest BCUT2D eigenvalue weighted by Crippen LogP contribution is 2.31. The summed E-state index contributed by atoms with van der Waals surface area (Å²) in [7, 11) is 0. The summed E-state index contributed by atoms with van der Waals surface area (Å²) in [5, 5.41) is 13.8. The van der Waals surface area contributed by atoms with Crippen LogP contribution in [-0.2, 0) is 0 Å². The number of amides is 1. The van der Waals surface area contributed by atoms with Gasteiger partial charge in [-0.2, -0.15) is 0 Å². The molecule has 1 aromatic carbocycles. The topological polar surface area (TPSA) is 72.2 Å². The van der Waals surface area contributed by atoms with Gasteiger partial charge in [0.2, 0.25) is 0 Å². The van der Waals surface area contributed by atoms with Crippen molar-refractivity contribution in [3.63, 3.8) is 0 Å². The second-order valence-electron chi connectivity index (χ2n) is 5.03. The number of non-ortho nitro benzene ring substituents is 1. The number of carbonyl (C=O) groups is 1. The van der Waals surface area contributed by atoms with E-state index in [9.17, 15) is 14.9 Å². The first-order valence-electron chi connectivity index (χ1n) is 6.29. The van der Waals surface area contributed by atoms with Crippen LogP contribution in [0.5, 0.6) is 0 Å². The monoisotopic (exact) mass is 316 g/mol. The fourth-order valence-electron chi connectivity index (χ4n) is 2.47. The molecule has 0 saturated heterocycles. The summed E-state index contributed by atoms with van der Waals surface area (Å²) in [6, 6.07) is 3.85. The predicted molar refractivity (Wildman–Crippen MR) is 77.5 cm³/mol. The number of hydrogen-bond acceptors (Lipinski definition) is 3. The summed E-state index contributed by atoms with van der Waals surface area (Å²) in [4.78, 5) is 22.5. The maximum atomic E-state index is 12.2. The zero-order chi connectivity index (χ0) is 14.8. The summed E-state index contributed by atoms with van der Waals surface area (Å²) in [6.07, 6.45) is 3.68. The molecule has 1 aromatic rings. The van der Waals surface area contributed by atoms with Gasteiger partial charge in [-0.1, -0.05) is 24.4 Å². The van der Waals surface area contributed by atoms with Gasteiger partial charge in [-0.25, -0.2) is 0 Å². The summed E-state index contributed by atoms with van der Waals surface area (Å²) >= 11 is 11.8. The molecule has 2 rings (SSSR count). The van der Waals surface area contributed by atoms with Crippen LogP contribution >= 0.6 is 23.2 Å². The van der Waals surface area contributed by atoms with Crippen molar-refractivity contribution in [3.05, 3.63) is 38.9 Å². The molecule has 7 heteroatoms. The molecule has 0 aromatic heterocycles. The molecule has 1 aliphatic rings. The van der Waals surface area contributed by atoms with Gasteiger partial charge < -0.3 is 5.32 Å². The van der Waals surface area contributed by atoms with Crippen LogP contribution in [0, 0.1) is 10.1 Å². The van der Waals surface area contributed by atoms with Crippen LogP contribution in [0.2, 0.25) is 5.02 Å². The number of alkyl halides is 1. The second kappa shape index (κ2) is 5.97. The quantitative estimate of drug-likeness (QED) is 0.524. The van der Waals surface area contributed by atoms with Gasteiger partial charge in [0.05, 0.1) is 10.5 Å². The molecule has 108 valence electrons. The van der Waals surface area contributed by atoms with Crippen LogP contribution in [0.3, 0.4) is 0 Å². The average molecular weight is 317 g/mol. The van der Waals surface area contributed by atoms with Gasteiger partial charge in [0, 0.05) is 28.6 Å². The minimum atomic E-state index is -0.574. The Balaban J connectivity index is 2.22. The summed E-state index contributed by atoms with van der Waals surface area (Å²) in [6.45, 7) is 0. The lowest BCUT2D eigenvalue weighted by Gasteiger charge is -2.27. The molecule has 1 amide bonds. The molecule has 0 heterocycles. The zero-order valence-corrected chi connectivity index (χ0v) is 12.2. The fraction of sp³-hybridized carbons (Fsp3) is 0.462. The fourth-order valence-corrected chi connectivity index (χ4v) is 3.03. The van der Waals surface area contributed by atoms with E-state index in [1.807, 2.05) is 0 Å². The van der Waals surface area contributed by atoms with E-state index in [4.69, 9.17) is 23.2 Å². The first kappa shape index (κ1) is 15.1. The van der Waals surface area contributed by atoms with E-state index in [0.29, 0.717) is 5.88 Å². The average Bonchev–Trinajstić information content (AvgIpc) is 2.87.